The number of hydrogen-bond donors (Lipinski definition) is 13. The highest BCUT2D eigenvalue weighted by atomic mass is 16.7. The molecule has 0 unspecified atom stereocenters. The van der Waals surface area contributed by atoms with Gasteiger partial charge in [0.15, 0.2) is 12.6 Å². The van der Waals surface area contributed by atoms with Gasteiger partial charge in [0, 0.05) is 27.2 Å². The zero-order valence-corrected chi connectivity index (χ0v) is 26.6. The topological polar surface area (TPSA) is 353 Å². The van der Waals surface area contributed by atoms with Gasteiger partial charge >= 0.3 is 5.97 Å². The fourth-order valence-corrected chi connectivity index (χ4v) is 5.86. The lowest BCUT2D eigenvalue weighted by molar-refractivity contribution is -0.343. The Morgan fingerprint density at radius 2 is 1.39 bits per heavy atom. The highest BCUT2D eigenvalue weighted by Crippen LogP contribution is 2.35. The number of ether oxygens (including phenoxy) is 5. The van der Waals surface area contributed by atoms with Crippen LogP contribution in [0.15, 0.2) is 0 Å². The quantitative estimate of drug-likeness (QED) is 0.0842. The summed E-state index contributed by atoms with van der Waals surface area (Å²) in [6, 6.07) is -4.60. The summed E-state index contributed by atoms with van der Waals surface area (Å²) in [7, 11) is 0. The lowest BCUT2D eigenvalue weighted by Gasteiger charge is -2.49. The van der Waals surface area contributed by atoms with Gasteiger partial charge in [0.05, 0.1) is 32.0 Å². The van der Waals surface area contributed by atoms with Gasteiger partial charge in [-0.05, 0) is 0 Å². The lowest BCUT2D eigenvalue weighted by Crippen LogP contribution is -2.70. The molecular weight excluding hydrogens is 670 g/mol. The van der Waals surface area contributed by atoms with E-state index in [0.717, 1.165) is 20.8 Å². The summed E-state index contributed by atoms with van der Waals surface area (Å²) in [6.45, 7) is 0.357. The molecule has 0 radical (unpaired) electrons. The Morgan fingerprint density at radius 3 is 1.92 bits per heavy atom. The van der Waals surface area contributed by atoms with Crippen molar-refractivity contribution < 1.29 is 93.9 Å². The van der Waals surface area contributed by atoms with Gasteiger partial charge in [-0.25, -0.2) is 4.79 Å². The lowest BCUT2D eigenvalue weighted by atomic mass is 9.88. The minimum Gasteiger partial charge on any atom is -0.477 e. The number of carboxylic acid groups (broad SMARTS) is 1. The highest BCUT2D eigenvalue weighted by molar-refractivity contribution is 5.76. The largest absolute Gasteiger partial charge is 0.477 e. The number of nitrogens with one attached hydrogen (secondary N) is 3. The summed E-state index contributed by atoms with van der Waals surface area (Å²) >= 11 is 0. The first kappa shape index (κ1) is 40.7. The Hall–Kier alpha value is -2.68. The third-order valence-electron chi connectivity index (χ3n) is 8.27. The first-order valence-corrected chi connectivity index (χ1v) is 15.2. The molecule has 22 nitrogen and oxygen atoms in total. The van der Waals surface area contributed by atoms with Crippen molar-refractivity contribution in [2.24, 2.45) is 0 Å². The molecule has 13 N–H and O–H groups in total. The number of aliphatic carboxylic acids is 1. The molecule has 3 fully saturated rings. The van der Waals surface area contributed by atoms with Crippen LogP contribution in [0.2, 0.25) is 0 Å². The Morgan fingerprint density at radius 1 is 0.816 bits per heavy atom. The number of carbonyl (C=O) groups excluding carboxylic acids is 3. The molecule has 0 aromatic heterocycles. The molecule has 0 aromatic rings. The van der Waals surface area contributed by atoms with Crippen molar-refractivity contribution in [1.82, 2.24) is 16.0 Å². The summed E-state index contributed by atoms with van der Waals surface area (Å²) < 4.78 is 27.8. The van der Waals surface area contributed by atoms with E-state index in [9.17, 15) is 70.2 Å². The van der Waals surface area contributed by atoms with Gasteiger partial charge in [-0.1, -0.05) is 0 Å². The van der Waals surface area contributed by atoms with Crippen molar-refractivity contribution in [1.29, 1.82) is 0 Å². The zero-order valence-electron chi connectivity index (χ0n) is 26.6. The number of hydrogen-bond acceptors (Lipinski definition) is 18. The van der Waals surface area contributed by atoms with Crippen LogP contribution in [-0.2, 0) is 42.9 Å². The van der Waals surface area contributed by atoms with Crippen molar-refractivity contribution in [3.8, 4) is 0 Å². The maximum absolute atomic E-state index is 12.5. The van der Waals surface area contributed by atoms with E-state index in [0.29, 0.717) is 0 Å². The summed E-state index contributed by atoms with van der Waals surface area (Å²) in [5.41, 5.74) is 0. The molecular formula is C27H45N3O19. The van der Waals surface area contributed by atoms with Gasteiger partial charge in [0.2, 0.25) is 17.7 Å². The Labute approximate surface area is 278 Å². The van der Waals surface area contributed by atoms with Crippen molar-refractivity contribution >= 4 is 23.7 Å². The smallest absolute Gasteiger partial charge is 0.364 e. The predicted octanol–water partition coefficient (Wildman–Crippen LogP) is -7.94. The second-order valence-electron chi connectivity index (χ2n) is 12.0. The number of rotatable bonds is 13. The summed E-state index contributed by atoms with van der Waals surface area (Å²) in [4.78, 5) is 48.2. The van der Waals surface area contributed by atoms with Gasteiger partial charge < -0.3 is 90.7 Å². The van der Waals surface area contributed by atoms with E-state index < -0.39 is 147 Å². The molecule has 3 aliphatic heterocycles. The molecule has 3 heterocycles. The Balaban J connectivity index is 1.93. The minimum absolute atomic E-state index is 0.704. The van der Waals surface area contributed by atoms with Crippen molar-refractivity contribution in [3.05, 3.63) is 0 Å². The monoisotopic (exact) mass is 715 g/mol. The van der Waals surface area contributed by atoms with E-state index in [4.69, 9.17) is 23.7 Å². The van der Waals surface area contributed by atoms with Crippen LogP contribution in [0.5, 0.6) is 0 Å². The van der Waals surface area contributed by atoms with Crippen LogP contribution in [0.4, 0.5) is 0 Å². The first-order valence-electron chi connectivity index (χ1n) is 15.2. The van der Waals surface area contributed by atoms with Crippen LogP contribution in [0.3, 0.4) is 0 Å². The molecule has 49 heavy (non-hydrogen) atoms. The van der Waals surface area contributed by atoms with Gasteiger partial charge in [-0.2, -0.15) is 0 Å². The fraction of sp³-hybridized carbons (Fsp3) is 0.852. The SMILES string of the molecule is CC(=O)N[C@@H]1[C@@H](O[C@@H]2O[C@H](CO[C@]3(C(=O)O)C[C@H](O)[C@@H](NC(C)=O)[C@H]([C@H](O)[C@H](O)CO)O3)[C@H](O)[C@H](O)[C@H]2NC(C)=O)[C@H](O)[C@@H](CO)O[C@H]1O. The van der Waals surface area contributed by atoms with E-state index in [1.807, 2.05) is 0 Å². The van der Waals surface area contributed by atoms with E-state index in [2.05, 4.69) is 16.0 Å². The van der Waals surface area contributed by atoms with Crippen LogP contribution in [0, 0.1) is 0 Å². The van der Waals surface area contributed by atoms with Crippen LogP contribution in [0.25, 0.3) is 0 Å². The molecule has 3 saturated heterocycles. The van der Waals surface area contributed by atoms with Crippen LogP contribution in [0.1, 0.15) is 27.2 Å². The molecule has 3 aliphatic rings. The number of aliphatic hydroxyl groups excluding tert-OH is 9. The third kappa shape index (κ3) is 9.36. The molecule has 0 bridgehead atoms. The number of carboxylic acids is 1. The Bertz CT molecular complexity index is 1170. The molecule has 0 aromatic carbocycles. The van der Waals surface area contributed by atoms with Crippen molar-refractivity contribution in [3.63, 3.8) is 0 Å². The van der Waals surface area contributed by atoms with Gasteiger partial charge in [0.1, 0.15) is 67.0 Å². The van der Waals surface area contributed by atoms with E-state index in [1.54, 1.807) is 0 Å². The average Bonchev–Trinajstić information content (AvgIpc) is 3.02. The van der Waals surface area contributed by atoms with E-state index in [1.165, 1.54) is 0 Å². The second kappa shape index (κ2) is 17.0. The molecule has 0 saturated carbocycles. The van der Waals surface area contributed by atoms with Gasteiger partial charge in [-0.15, -0.1) is 0 Å². The zero-order chi connectivity index (χ0) is 37.0. The second-order valence-corrected chi connectivity index (χ2v) is 12.0. The van der Waals surface area contributed by atoms with Crippen LogP contribution < -0.4 is 16.0 Å². The third-order valence-corrected chi connectivity index (χ3v) is 8.27. The minimum atomic E-state index is -2.86. The fourth-order valence-electron chi connectivity index (χ4n) is 5.86. The van der Waals surface area contributed by atoms with Crippen molar-refractivity contribution in [2.45, 2.75) is 125 Å². The Kier molecular flexibility index (Phi) is 14.2. The molecule has 3 rings (SSSR count). The summed E-state index contributed by atoms with van der Waals surface area (Å²) in [5, 5.41) is 111. The van der Waals surface area contributed by atoms with Crippen LogP contribution in [-0.4, -0.2) is 192 Å². The molecule has 22 heteroatoms. The molecule has 282 valence electrons. The maximum Gasteiger partial charge on any atom is 0.364 e. The standard InChI is InChI=1S/C27H45N3O19/c1-8(33)28-15-11(36)4-27(26(43)44,49-23(15)18(38)12(37)5-31)45-7-14-19(39)21(41)16(29-9(2)34)25(47-14)48-22-17(30-10(3)35)24(42)46-13(6-32)20(22)40/h11-25,31-32,36-42H,4-7H2,1-3H3,(H,28,33)(H,29,34)(H,30,35)(H,43,44)/t11-,12+,13+,14+,15+,16+,17+,18+,19-,20+,21+,22+,23+,24+,25-,27+/m0/s1. The molecule has 0 aliphatic carbocycles. The first-order chi connectivity index (χ1) is 22.9. The molecule has 16 atom stereocenters. The summed E-state index contributed by atoms with van der Waals surface area (Å²) in [5.74, 6) is -6.93. The van der Waals surface area contributed by atoms with Crippen LogP contribution >= 0.6 is 0 Å². The normalized spacial score (nSPS) is 40.9. The number of amides is 3. The van der Waals surface area contributed by atoms with E-state index >= 15 is 0 Å². The van der Waals surface area contributed by atoms with Gasteiger partial charge in [0.25, 0.3) is 5.79 Å². The number of aliphatic hydroxyl groups is 9. The summed E-state index contributed by atoms with van der Waals surface area (Å²) in [6.07, 6.45) is -22.8. The highest BCUT2D eigenvalue weighted by Gasteiger charge is 2.57. The predicted molar refractivity (Wildman–Crippen MR) is 153 cm³/mol. The molecule has 3 amide bonds. The van der Waals surface area contributed by atoms with Gasteiger partial charge in [-0.3, -0.25) is 14.4 Å². The number of carbonyl (C=O) groups is 4. The maximum atomic E-state index is 12.5. The van der Waals surface area contributed by atoms with E-state index in [-0.39, 0.29) is 0 Å². The molecule has 0 spiro atoms. The van der Waals surface area contributed by atoms with Crippen molar-refractivity contribution in [2.75, 3.05) is 19.8 Å². The average molecular weight is 716 g/mol.